The zero-order valence-corrected chi connectivity index (χ0v) is 10.6. The van der Waals surface area contributed by atoms with Crippen LogP contribution in [0.4, 0.5) is 4.39 Å². The van der Waals surface area contributed by atoms with Crippen LogP contribution in [0.25, 0.3) is 0 Å². The van der Waals surface area contributed by atoms with Gasteiger partial charge >= 0.3 is 5.97 Å². The molecule has 17 heavy (non-hydrogen) atoms. The van der Waals surface area contributed by atoms with E-state index in [0.717, 1.165) is 0 Å². The predicted octanol–water partition coefficient (Wildman–Crippen LogP) is 1.58. The summed E-state index contributed by atoms with van der Waals surface area (Å²) in [4.78, 5) is 23.7. The molecule has 1 N–H and O–H groups in total. The molecule has 5 heteroatoms. The van der Waals surface area contributed by atoms with Gasteiger partial charge in [0.2, 0.25) is 5.91 Å². The Kier molecular flexibility index (Phi) is 4.11. The van der Waals surface area contributed by atoms with Crippen LogP contribution < -0.4 is 5.32 Å². The molecule has 1 amide bonds. The van der Waals surface area contributed by atoms with Crippen molar-refractivity contribution < 1.29 is 18.7 Å². The summed E-state index contributed by atoms with van der Waals surface area (Å²) >= 11 is 0. The van der Waals surface area contributed by atoms with Crippen LogP contribution >= 0.6 is 0 Å². The van der Waals surface area contributed by atoms with Crippen LogP contribution in [0.1, 0.15) is 40.0 Å². The first-order valence-electron chi connectivity index (χ1n) is 6.02. The summed E-state index contributed by atoms with van der Waals surface area (Å²) in [7, 11) is 0. The minimum absolute atomic E-state index is 0.0926. The van der Waals surface area contributed by atoms with Gasteiger partial charge in [-0.2, -0.15) is 0 Å². The molecular formula is C12H20FNO3. The highest BCUT2D eigenvalue weighted by molar-refractivity contribution is 6.02. The smallest absolute Gasteiger partial charge is 0.321 e. The molecule has 0 heterocycles. The zero-order valence-electron chi connectivity index (χ0n) is 10.6. The largest absolute Gasteiger partial charge is 0.465 e. The SMILES string of the molecule is CCNC(=O)C(C)(CC1(F)CC1)C(=O)OCC. The number of esters is 1. The minimum Gasteiger partial charge on any atom is -0.465 e. The summed E-state index contributed by atoms with van der Waals surface area (Å²) in [5.74, 6) is -1.10. The van der Waals surface area contributed by atoms with E-state index >= 15 is 0 Å². The Morgan fingerprint density at radius 1 is 1.41 bits per heavy atom. The van der Waals surface area contributed by atoms with Crippen LogP contribution in [0.2, 0.25) is 0 Å². The molecule has 1 aliphatic carbocycles. The molecule has 98 valence electrons. The quantitative estimate of drug-likeness (QED) is 0.571. The normalized spacial score (nSPS) is 20.2. The molecule has 4 nitrogen and oxygen atoms in total. The lowest BCUT2D eigenvalue weighted by molar-refractivity contribution is -0.161. The second kappa shape index (κ2) is 5.02. The van der Waals surface area contributed by atoms with Gasteiger partial charge in [0.15, 0.2) is 0 Å². The molecule has 0 aromatic carbocycles. The lowest BCUT2D eigenvalue weighted by Crippen LogP contribution is -2.47. The summed E-state index contributed by atoms with van der Waals surface area (Å²) in [6, 6.07) is 0. The number of ether oxygens (including phenoxy) is 1. The van der Waals surface area contributed by atoms with E-state index in [4.69, 9.17) is 4.74 Å². The fourth-order valence-corrected chi connectivity index (χ4v) is 1.84. The summed E-state index contributed by atoms with van der Waals surface area (Å²) in [5, 5.41) is 2.57. The van der Waals surface area contributed by atoms with Crippen LogP contribution in [-0.2, 0) is 14.3 Å². The fourth-order valence-electron chi connectivity index (χ4n) is 1.84. The summed E-state index contributed by atoms with van der Waals surface area (Å²) in [6.07, 6.45) is 0.744. The van der Waals surface area contributed by atoms with Crippen molar-refractivity contribution in [3.8, 4) is 0 Å². The van der Waals surface area contributed by atoms with Crippen LogP contribution in [0.3, 0.4) is 0 Å². The molecule has 0 spiro atoms. The van der Waals surface area contributed by atoms with Gasteiger partial charge in [-0.05, 0) is 33.6 Å². The van der Waals surface area contributed by atoms with E-state index in [1.165, 1.54) is 6.92 Å². The van der Waals surface area contributed by atoms with Crippen molar-refractivity contribution in [1.29, 1.82) is 0 Å². The van der Waals surface area contributed by atoms with Gasteiger partial charge in [0.05, 0.1) is 6.61 Å². The second-order valence-electron chi connectivity index (χ2n) is 4.74. The first-order valence-corrected chi connectivity index (χ1v) is 6.02. The van der Waals surface area contributed by atoms with Gasteiger partial charge in [0.1, 0.15) is 11.1 Å². The Labute approximate surface area is 101 Å². The van der Waals surface area contributed by atoms with Gasteiger partial charge in [-0.15, -0.1) is 0 Å². The molecule has 1 aliphatic rings. The highest BCUT2D eigenvalue weighted by Gasteiger charge is 2.54. The lowest BCUT2D eigenvalue weighted by Gasteiger charge is -2.27. The van der Waals surface area contributed by atoms with Gasteiger partial charge in [-0.25, -0.2) is 4.39 Å². The number of rotatable bonds is 6. The third-order valence-electron chi connectivity index (χ3n) is 3.03. The van der Waals surface area contributed by atoms with Gasteiger partial charge in [0.25, 0.3) is 0 Å². The Bertz CT molecular complexity index is 295. The first-order chi connectivity index (χ1) is 7.88. The number of alkyl halides is 1. The molecule has 1 rings (SSSR count). The molecule has 1 atom stereocenters. The Morgan fingerprint density at radius 2 is 2.00 bits per heavy atom. The van der Waals surface area contributed by atoms with E-state index in [9.17, 15) is 14.0 Å². The fraction of sp³-hybridized carbons (Fsp3) is 0.833. The average molecular weight is 245 g/mol. The van der Waals surface area contributed by atoms with Crippen molar-refractivity contribution in [3.05, 3.63) is 0 Å². The highest BCUT2D eigenvalue weighted by Crippen LogP contribution is 2.48. The third kappa shape index (κ3) is 3.17. The highest BCUT2D eigenvalue weighted by atomic mass is 19.1. The van der Waals surface area contributed by atoms with E-state index in [-0.39, 0.29) is 13.0 Å². The number of amides is 1. The number of hydrogen-bond donors (Lipinski definition) is 1. The average Bonchev–Trinajstić information content (AvgIpc) is 2.96. The first kappa shape index (κ1) is 13.9. The van der Waals surface area contributed by atoms with Crippen LogP contribution in [0, 0.1) is 5.41 Å². The standard InChI is InChI=1S/C12H20FNO3/c1-4-14-9(15)11(3,10(16)17-5-2)8-12(13)6-7-12/h4-8H2,1-3H3,(H,14,15). The Morgan fingerprint density at radius 3 is 2.41 bits per heavy atom. The van der Waals surface area contributed by atoms with Crippen molar-refractivity contribution in [1.82, 2.24) is 5.32 Å². The summed E-state index contributed by atoms with van der Waals surface area (Å²) < 4.78 is 18.7. The maximum Gasteiger partial charge on any atom is 0.321 e. The van der Waals surface area contributed by atoms with E-state index in [0.29, 0.717) is 19.4 Å². The summed E-state index contributed by atoms with van der Waals surface area (Å²) in [6.45, 7) is 5.47. The van der Waals surface area contributed by atoms with E-state index < -0.39 is 23.0 Å². The van der Waals surface area contributed by atoms with Crippen LogP contribution in [-0.4, -0.2) is 30.7 Å². The molecule has 0 aromatic rings. The predicted molar refractivity (Wildman–Crippen MR) is 61.1 cm³/mol. The lowest BCUT2D eigenvalue weighted by atomic mass is 9.82. The van der Waals surface area contributed by atoms with Gasteiger partial charge in [0, 0.05) is 13.0 Å². The number of halogens is 1. The maximum atomic E-state index is 13.8. The third-order valence-corrected chi connectivity index (χ3v) is 3.03. The molecule has 0 aliphatic heterocycles. The second-order valence-corrected chi connectivity index (χ2v) is 4.74. The monoisotopic (exact) mass is 245 g/mol. The van der Waals surface area contributed by atoms with E-state index in [2.05, 4.69) is 5.32 Å². The van der Waals surface area contributed by atoms with Crippen molar-refractivity contribution >= 4 is 11.9 Å². The molecule has 1 fully saturated rings. The van der Waals surface area contributed by atoms with E-state index in [1.54, 1.807) is 13.8 Å². The molecule has 1 saturated carbocycles. The van der Waals surface area contributed by atoms with E-state index in [1.807, 2.05) is 0 Å². The zero-order chi connectivity index (χ0) is 13.1. The number of hydrogen-bond acceptors (Lipinski definition) is 3. The molecule has 1 unspecified atom stereocenters. The molecule has 0 radical (unpaired) electrons. The molecule has 0 aromatic heterocycles. The van der Waals surface area contributed by atoms with Crippen LogP contribution in [0.5, 0.6) is 0 Å². The Balaban J connectivity index is 2.82. The van der Waals surface area contributed by atoms with Crippen molar-refractivity contribution in [2.75, 3.05) is 13.2 Å². The topological polar surface area (TPSA) is 55.4 Å². The number of carbonyl (C=O) groups is 2. The Hall–Kier alpha value is -1.13. The van der Waals surface area contributed by atoms with Gasteiger partial charge in [-0.1, -0.05) is 0 Å². The van der Waals surface area contributed by atoms with Crippen molar-refractivity contribution in [3.63, 3.8) is 0 Å². The number of nitrogens with one attached hydrogen (secondary N) is 1. The molecule has 0 saturated heterocycles. The molecular weight excluding hydrogens is 225 g/mol. The maximum absolute atomic E-state index is 13.8. The molecule has 0 bridgehead atoms. The van der Waals surface area contributed by atoms with Crippen molar-refractivity contribution in [2.45, 2.75) is 45.7 Å². The van der Waals surface area contributed by atoms with Crippen molar-refractivity contribution in [2.24, 2.45) is 5.41 Å². The number of carbonyl (C=O) groups excluding carboxylic acids is 2. The van der Waals surface area contributed by atoms with Crippen LogP contribution in [0.15, 0.2) is 0 Å². The van der Waals surface area contributed by atoms with Gasteiger partial charge in [-0.3, -0.25) is 9.59 Å². The summed E-state index contributed by atoms with van der Waals surface area (Å²) in [5.41, 5.74) is -2.79. The minimum atomic E-state index is -1.42. The van der Waals surface area contributed by atoms with Gasteiger partial charge < -0.3 is 10.1 Å².